The van der Waals surface area contributed by atoms with E-state index in [1.54, 1.807) is 0 Å². The predicted octanol–water partition coefficient (Wildman–Crippen LogP) is 1.61. The van der Waals surface area contributed by atoms with Crippen LogP contribution in [0.25, 0.3) is 0 Å². The lowest BCUT2D eigenvalue weighted by Crippen LogP contribution is -2.44. The molecule has 4 heteroatoms. The first-order valence-electron chi connectivity index (χ1n) is 6.26. The Kier molecular flexibility index (Phi) is 3.87. The molecule has 1 amide bonds. The number of rotatable bonds is 2. The third-order valence-electron chi connectivity index (χ3n) is 3.16. The highest BCUT2D eigenvalue weighted by Gasteiger charge is 2.22. The topological polar surface area (TPSA) is 32.8 Å². The average Bonchev–Trinajstić information content (AvgIpc) is 2.38. The molecule has 1 aromatic carbocycles. The van der Waals surface area contributed by atoms with E-state index in [9.17, 15) is 4.79 Å². The third kappa shape index (κ3) is 2.82. The van der Waals surface area contributed by atoms with Gasteiger partial charge < -0.3 is 14.5 Å². The second-order valence-electron chi connectivity index (χ2n) is 4.87. The molecule has 0 N–H and O–H groups in total. The van der Waals surface area contributed by atoms with Crippen LogP contribution in [0.3, 0.4) is 0 Å². The fraction of sp³-hybridized carbons (Fsp3) is 0.500. The number of ether oxygens (including phenoxy) is 1. The number of carbonyl (C=O) groups is 1. The van der Waals surface area contributed by atoms with E-state index in [1.807, 2.05) is 55.1 Å². The number of amides is 1. The predicted molar refractivity (Wildman–Crippen MR) is 72.1 cm³/mol. The van der Waals surface area contributed by atoms with Crippen LogP contribution in [0, 0.1) is 0 Å². The molecule has 1 aromatic rings. The zero-order chi connectivity index (χ0) is 13.1. The molecule has 1 aliphatic heterocycles. The molecule has 0 saturated carbocycles. The van der Waals surface area contributed by atoms with Gasteiger partial charge in [0.1, 0.15) is 0 Å². The molecule has 0 aromatic heterocycles. The van der Waals surface area contributed by atoms with Gasteiger partial charge in [-0.25, -0.2) is 0 Å². The largest absolute Gasteiger partial charge is 0.378 e. The Morgan fingerprint density at radius 1 is 1.33 bits per heavy atom. The number of nitrogens with zero attached hydrogens (tertiary/aromatic N) is 2. The smallest absolute Gasteiger partial charge is 0.254 e. The van der Waals surface area contributed by atoms with Crippen LogP contribution in [0.2, 0.25) is 0 Å². The molecule has 0 radical (unpaired) electrons. The van der Waals surface area contributed by atoms with E-state index in [4.69, 9.17) is 4.74 Å². The number of carbonyl (C=O) groups excluding carboxylic acids is 1. The molecule has 4 nitrogen and oxygen atoms in total. The van der Waals surface area contributed by atoms with Gasteiger partial charge in [-0.15, -0.1) is 0 Å². The number of anilines is 1. The van der Waals surface area contributed by atoms with Crippen LogP contribution in [0.1, 0.15) is 17.3 Å². The molecule has 1 atom stereocenters. The van der Waals surface area contributed by atoms with Crippen molar-refractivity contribution in [2.75, 3.05) is 38.7 Å². The number of hydrogen-bond acceptors (Lipinski definition) is 3. The SMILES string of the molecule is CC1CN(C(=O)c2ccc(N(C)C)cc2)CCO1. The van der Waals surface area contributed by atoms with Crippen LogP contribution in [0.15, 0.2) is 24.3 Å². The van der Waals surface area contributed by atoms with Crippen molar-refractivity contribution < 1.29 is 9.53 Å². The summed E-state index contributed by atoms with van der Waals surface area (Å²) in [5.74, 6) is 0.0930. The van der Waals surface area contributed by atoms with Gasteiger partial charge in [0, 0.05) is 38.4 Å². The van der Waals surface area contributed by atoms with Crippen LogP contribution in [0.5, 0.6) is 0 Å². The second-order valence-corrected chi connectivity index (χ2v) is 4.87. The zero-order valence-electron chi connectivity index (χ0n) is 11.2. The Bertz CT molecular complexity index is 414. The fourth-order valence-electron chi connectivity index (χ4n) is 2.09. The molecular weight excluding hydrogens is 228 g/mol. The highest BCUT2D eigenvalue weighted by molar-refractivity contribution is 5.94. The maximum Gasteiger partial charge on any atom is 0.254 e. The summed E-state index contributed by atoms with van der Waals surface area (Å²) in [4.78, 5) is 16.2. The van der Waals surface area contributed by atoms with E-state index < -0.39 is 0 Å². The molecule has 98 valence electrons. The number of benzene rings is 1. The summed E-state index contributed by atoms with van der Waals surface area (Å²) in [6, 6.07) is 7.71. The lowest BCUT2D eigenvalue weighted by molar-refractivity contribution is -0.0124. The third-order valence-corrected chi connectivity index (χ3v) is 3.16. The van der Waals surface area contributed by atoms with Gasteiger partial charge in [-0.05, 0) is 31.2 Å². The fourth-order valence-corrected chi connectivity index (χ4v) is 2.09. The Balaban J connectivity index is 2.08. The van der Waals surface area contributed by atoms with Crippen molar-refractivity contribution >= 4 is 11.6 Å². The minimum atomic E-state index is 0.0930. The van der Waals surface area contributed by atoms with Crippen molar-refractivity contribution in [2.45, 2.75) is 13.0 Å². The maximum absolute atomic E-state index is 12.3. The van der Waals surface area contributed by atoms with Gasteiger partial charge in [0.2, 0.25) is 0 Å². The standard InChI is InChI=1S/C14H20N2O2/c1-11-10-16(8-9-18-11)14(17)12-4-6-13(7-5-12)15(2)3/h4-7,11H,8-10H2,1-3H3. The van der Waals surface area contributed by atoms with Crippen LogP contribution < -0.4 is 4.90 Å². The maximum atomic E-state index is 12.3. The van der Waals surface area contributed by atoms with Crippen LogP contribution in [-0.2, 0) is 4.74 Å². The van der Waals surface area contributed by atoms with Gasteiger partial charge in [-0.2, -0.15) is 0 Å². The number of hydrogen-bond donors (Lipinski definition) is 0. The van der Waals surface area contributed by atoms with E-state index >= 15 is 0 Å². The summed E-state index contributed by atoms with van der Waals surface area (Å²) in [6.45, 7) is 3.98. The summed E-state index contributed by atoms with van der Waals surface area (Å²) in [7, 11) is 3.97. The molecule has 1 unspecified atom stereocenters. The first-order valence-corrected chi connectivity index (χ1v) is 6.26. The van der Waals surface area contributed by atoms with Gasteiger partial charge >= 0.3 is 0 Å². The molecule has 1 fully saturated rings. The van der Waals surface area contributed by atoms with Gasteiger partial charge in [-0.3, -0.25) is 4.79 Å². The molecule has 1 saturated heterocycles. The summed E-state index contributed by atoms with van der Waals surface area (Å²) in [6.07, 6.45) is 0.128. The van der Waals surface area contributed by atoms with Crippen molar-refractivity contribution in [3.8, 4) is 0 Å². The molecule has 1 aliphatic rings. The van der Waals surface area contributed by atoms with Crippen molar-refractivity contribution in [3.63, 3.8) is 0 Å². The van der Waals surface area contributed by atoms with Crippen LogP contribution in [0.4, 0.5) is 5.69 Å². The molecule has 0 spiro atoms. The summed E-state index contributed by atoms with van der Waals surface area (Å²) >= 11 is 0. The molecule has 0 aliphatic carbocycles. The monoisotopic (exact) mass is 248 g/mol. The average molecular weight is 248 g/mol. The van der Waals surface area contributed by atoms with Crippen molar-refractivity contribution in [2.24, 2.45) is 0 Å². The van der Waals surface area contributed by atoms with Crippen LogP contribution >= 0.6 is 0 Å². The first kappa shape index (κ1) is 12.9. The summed E-state index contributed by atoms with van der Waals surface area (Å²) < 4.78 is 5.44. The first-order chi connectivity index (χ1) is 8.58. The minimum Gasteiger partial charge on any atom is -0.378 e. The zero-order valence-corrected chi connectivity index (χ0v) is 11.2. The normalized spacial score (nSPS) is 19.7. The molecule has 2 rings (SSSR count). The molecule has 0 bridgehead atoms. The van der Waals surface area contributed by atoms with Gasteiger partial charge in [0.25, 0.3) is 5.91 Å². The van der Waals surface area contributed by atoms with E-state index in [0.29, 0.717) is 19.7 Å². The van der Waals surface area contributed by atoms with E-state index in [-0.39, 0.29) is 12.0 Å². The van der Waals surface area contributed by atoms with Gasteiger partial charge in [0.05, 0.1) is 12.7 Å². The van der Waals surface area contributed by atoms with Gasteiger partial charge in [-0.1, -0.05) is 0 Å². The molecule has 18 heavy (non-hydrogen) atoms. The van der Waals surface area contributed by atoms with Crippen molar-refractivity contribution in [1.82, 2.24) is 4.90 Å². The van der Waals surface area contributed by atoms with Gasteiger partial charge in [0.15, 0.2) is 0 Å². The Hall–Kier alpha value is -1.55. The molecule has 1 heterocycles. The lowest BCUT2D eigenvalue weighted by Gasteiger charge is -2.31. The van der Waals surface area contributed by atoms with Crippen LogP contribution in [-0.4, -0.2) is 50.7 Å². The van der Waals surface area contributed by atoms with E-state index in [2.05, 4.69) is 0 Å². The summed E-state index contributed by atoms with van der Waals surface area (Å²) in [5, 5.41) is 0. The Morgan fingerprint density at radius 3 is 2.56 bits per heavy atom. The number of morpholine rings is 1. The Morgan fingerprint density at radius 2 is 2.00 bits per heavy atom. The van der Waals surface area contributed by atoms with E-state index in [0.717, 1.165) is 11.3 Å². The van der Waals surface area contributed by atoms with Crippen molar-refractivity contribution in [3.05, 3.63) is 29.8 Å². The lowest BCUT2D eigenvalue weighted by atomic mass is 10.1. The highest BCUT2D eigenvalue weighted by atomic mass is 16.5. The van der Waals surface area contributed by atoms with E-state index in [1.165, 1.54) is 0 Å². The molecular formula is C14H20N2O2. The Labute approximate surface area is 108 Å². The second kappa shape index (κ2) is 5.40. The summed E-state index contributed by atoms with van der Waals surface area (Å²) in [5.41, 5.74) is 1.84. The minimum absolute atomic E-state index is 0.0930. The highest BCUT2D eigenvalue weighted by Crippen LogP contribution is 2.15. The quantitative estimate of drug-likeness (QED) is 0.797. The van der Waals surface area contributed by atoms with Crippen molar-refractivity contribution in [1.29, 1.82) is 0 Å².